The summed E-state index contributed by atoms with van der Waals surface area (Å²) < 4.78 is 0. The van der Waals surface area contributed by atoms with Crippen molar-refractivity contribution in [3.8, 4) is 0 Å². The third-order valence-corrected chi connectivity index (χ3v) is 1.26. The Morgan fingerprint density at radius 3 is 2.22 bits per heavy atom. The van der Waals surface area contributed by atoms with E-state index in [1.54, 1.807) is 0 Å². The van der Waals surface area contributed by atoms with Gasteiger partial charge in [-0.15, -0.1) is 0 Å². The van der Waals surface area contributed by atoms with Gasteiger partial charge in [0.15, 0.2) is 0 Å². The van der Waals surface area contributed by atoms with Gasteiger partial charge >= 0.3 is 0 Å². The Hall–Kier alpha value is 0.0100. The number of rotatable bonds is 0. The molecule has 1 saturated heterocycles. The largest absolute Gasteiger partial charge is 0.297 e. The Balaban J connectivity index is 0.000000112. The number of nitrogens with one attached hydrogen (secondary N) is 1. The molecule has 1 N–H and O–H groups in total. The summed E-state index contributed by atoms with van der Waals surface area (Å²) in [5.41, 5.74) is 2.70. The maximum atomic E-state index is 4.73. The molecule has 2 aliphatic heterocycles. The van der Waals surface area contributed by atoms with E-state index in [0.717, 1.165) is 6.54 Å². The summed E-state index contributed by atoms with van der Waals surface area (Å²) in [5, 5.41) is 0. The number of thioether (sulfide) groups is 1. The summed E-state index contributed by atoms with van der Waals surface area (Å²) >= 11 is 2.00. The average Bonchev–Trinajstić information content (AvgIpc) is 2.76. The van der Waals surface area contributed by atoms with E-state index in [2.05, 4.69) is 5.48 Å². The second-order valence-corrected chi connectivity index (χ2v) is 2.97. The Kier molecular flexibility index (Phi) is 3.84. The lowest BCUT2D eigenvalue weighted by Gasteiger charge is -2.02. The fourth-order valence-electron chi connectivity index (χ4n) is 0.365. The summed E-state index contributed by atoms with van der Waals surface area (Å²) in [7, 11) is 0. The maximum Gasteiger partial charge on any atom is 0.0864 e. The van der Waals surface area contributed by atoms with Gasteiger partial charge in [0, 0.05) is 18.1 Å². The van der Waals surface area contributed by atoms with Crippen LogP contribution in [-0.2, 0) is 4.84 Å². The van der Waals surface area contributed by atoms with Crippen molar-refractivity contribution in [2.75, 3.05) is 24.7 Å². The standard InChI is InChI=1S/C4H7NO.C2H4S/c1-2-4-6-5-3-1;1-2-3-1/h1-2,5H,3-4H2;1-2H2. The van der Waals surface area contributed by atoms with Gasteiger partial charge in [0.1, 0.15) is 0 Å². The van der Waals surface area contributed by atoms with E-state index in [9.17, 15) is 0 Å². The zero-order chi connectivity index (χ0) is 6.36. The molecule has 2 heterocycles. The summed E-state index contributed by atoms with van der Waals surface area (Å²) in [6, 6.07) is 0. The zero-order valence-corrected chi connectivity index (χ0v) is 6.12. The van der Waals surface area contributed by atoms with Gasteiger partial charge in [-0.05, 0) is 0 Å². The van der Waals surface area contributed by atoms with Crippen molar-refractivity contribution in [3.63, 3.8) is 0 Å². The predicted octanol–water partition coefficient (Wildman–Crippen LogP) is 0.811. The minimum atomic E-state index is 0.708. The van der Waals surface area contributed by atoms with E-state index in [-0.39, 0.29) is 0 Å². The van der Waals surface area contributed by atoms with Crippen molar-refractivity contribution in [1.29, 1.82) is 0 Å². The highest BCUT2D eigenvalue weighted by Crippen LogP contribution is 2.14. The zero-order valence-electron chi connectivity index (χ0n) is 5.30. The molecule has 0 saturated carbocycles. The topological polar surface area (TPSA) is 21.3 Å². The summed E-state index contributed by atoms with van der Waals surface area (Å²) in [5.74, 6) is 2.83. The lowest BCUT2D eigenvalue weighted by atomic mass is 10.5. The van der Waals surface area contributed by atoms with Gasteiger partial charge in [-0.3, -0.25) is 4.84 Å². The van der Waals surface area contributed by atoms with E-state index in [1.165, 1.54) is 11.5 Å². The molecule has 0 spiro atoms. The fourth-order valence-corrected chi connectivity index (χ4v) is 0.365. The SMILES string of the molecule is C1=CCONC1.C1CS1. The molecule has 0 atom stereocenters. The highest BCUT2D eigenvalue weighted by Gasteiger charge is 1.95. The molecule has 0 unspecified atom stereocenters. The van der Waals surface area contributed by atoms with Gasteiger partial charge in [-0.25, -0.2) is 0 Å². The third kappa shape index (κ3) is 5.89. The van der Waals surface area contributed by atoms with Crippen molar-refractivity contribution >= 4 is 11.8 Å². The summed E-state index contributed by atoms with van der Waals surface area (Å²) in [6.45, 7) is 1.56. The van der Waals surface area contributed by atoms with Crippen LogP contribution >= 0.6 is 11.8 Å². The molecule has 2 aliphatic rings. The first-order chi connectivity index (χ1) is 4.50. The minimum absolute atomic E-state index is 0.708. The molecule has 52 valence electrons. The van der Waals surface area contributed by atoms with Crippen LogP contribution in [0.15, 0.2) is 12.2 Å². The Morgan fingerprint density at radius 2 is 2.11 bits per heavy atom. The Labute approximate surface area is 59.6 Å². The third-order valence-electron chi connectivity index (χ3n) is 0.854. The molecule has 2 rings (SSSR count). The highest BCUT2D eigenvalue weighted by molar-refractivity contribution is 8.06. The highest BCUT2D eigenvalue weighted by atomic mass is 32.2. The maximum absolute atomic E-state index is 4.73. The number of hydrogen-bond acceptors (Lipinski definition) is 3. The smallest absolute Gasteiger partial charge is 0.0864 e. The Bertz CT molecular complexity index is 82.3. The summed E-state index contributed by atoms with van der Waals surface area (Å²) in [4.78, 5) is 4.73. The average molecular weight is 145 g/mol. The molecule has 2 nitrogen and oxygen atoms in total. The second kappa shape index (κ2) is 4.85. The lowest BCUT2D eigenvalue weighted by Crippen LogP contribution is -2.17. The molecular weight excluding hydrogens is 134 g/mol. The van der Waals surface area contributed by atoms with E-state index in [4.69, 9.17) is 4.84 Å². The normalized spacial score (nSPS) is 22.2. The molecule has 9 heavy (non-hydrogen) atoms. The van der Waals surface area contributed by atoms with Crippen LogP contribution in [0.4, 0.5) is 0 Å². The van der Waals surface area contributed by atoms with Crippen LogP contribution in [-0.4, -0.2) is 24.7 Å². The predicted molar refractivity (Wildman–Crippen MR) is 40.4 cm³/mol. The van der Waals surface area contributed by atoms with Gasteiger partial charge in [0.25, 0.3) is 0 Å². The molecular formula is C6H11NOS. The molecule has 1 fully saturated rings. The number of hydroxylamine groups is 1. The van der Waals surface area contributed by atoms with Crippen molar-refractivity contribution in [2.45, 2.75) is 0 Å². The van der Waals surface area contributed by atoms with Crippen molar-refractivity contribution in [3.05, 3.63) is 12.2 Å². The molecule has 0 aliphatic carbocycles. The molecule has 0 aromatic heterocycles. The van der Waals surface area contributed by atoms with Crippen molar-refractivity contribution in [1.82, 2.24) is 5.48 Å². The van der Waals surface area contributed by atoms with E-state index < -0.39 is 0 Å². The van der Waals surface area contributed by atoms with Crippen molar-refractivity contribution < 1.29 is 4.84 Å². The van der Waals surface area contributed by atoms with Crippen LogP contribution in [0.3, 0.4) is 0 Å². The van der Waals surface area contributed by atoms with Gasteiger partial charge in [0.2, 0.25) is 0 Å². The van der Waals surface area contributed by atoms with Crippen LogP contribution in [0.2, 0.25) is 0 Å². The monoisotopic (exact) mass is 145 g/mol. The quantitative estimate of drug-likeness (QED) is 0.402. The first-order valence-electron chi connectivity index (χ1n) is 3.07. The van der Waals surface area contributed by atoms with Crippen LogP contribution < -0.4 is 5.48 Å². The molecule has 0 bridgehead atoms. The van der Waals surface area contributed by atoms with Gasteiger partial charge in [0.05, 0.1) is 6.61 Å². The molecule has 0 radical (unpaired) electrons. The summed E-state index contributed by atoms with van der Waals surface area (Å²) in [6.07, 6.45) is 4.01. The van der Waals surface area contributed by atoms with Crippen molar-refractivity contribution in [2.24, 2.45) is 0 Å². The van der Waals surface area contributed by atoms with Gasteiger partial charge in [-0.1, -0.05) is 12.2 Å². The Morgan fingerprint density at radius 1 is 1.33 bits per heavy atom. The molecule has 0 aromatic carbocycles. The van der Waals surface area contributed by atoms with E-state index in [1.807, 2.05) is 23.9 Å². The van der Waals surface area contributed by atoms with E-state index >= 15 is 0 Å². The first kappa shape index (κ1) is 7.12. The molecule has 0 aromatic rings. The minimum Gasteiger partial charge on any atom is -0.297 e. The van der Waals surface area contributed by atoms with Crippen LogP contribution in [0, 0.1) is 0 Å². The van der Waals surface area contributed by atoms with Gasteiger partial charge in [-0.2, -0.15) is 17.2 Å². The van der Waals surface area contributed by atoms with E-state index in [0.29, 0.717) is 6.61 Å². The molecule has 3 heteroatoms. The van der Waals surface area contributed by atoms with Crippen LogP contribution in [0.25, 0.3) is 0 Å². The van der Waals surface area contributed by atoms with Crippen LogP contribution in [0.1, 0.15) is 0 Å². The second-order valence-electron chi connectivity index (χ2n) is 1.74. The molecule has 0 amide bonds. The van der Waals surface area contributed by atoms with Gasteiger partial charge < -0.3 is 0 Å². The lowest BCUT2D eigenvalue weighted by molar-refractivity contribution is 0.0627. The van der Waals surface area contributed by atoms with Crippen LogP contribution in [0.5, 0.6) is 0 Å². The fraction of sp³-hybridized carbons (Fsp3) is 0.667. The number of hydrogen-bond donors (Lipinski definition) is 1. The first-order valence-corrected chi connectivity index (χ1v) is 4.23.